The smallest absolute Gasteiger partial charge is 0.261 e. The van der Waals surface area contributed by atoms with E-state index in [1.165, 1.54) is 29.9 Å². The molecule has 2 N–H and O–H groups in total. The maximum atomic E-state index is 13.0. The van der Waals surface area contributed by atoms with Crippen LogP contribution in [0.3, 0.4) is 0 Å². The van der Waals surface area contributed by atoms with E-state index in [4.69, 9.17) is 0 Å². The molecule has 2 aromatic rings. The zero-order valence-electron chi connectivity index (χ0n) is 13.2. The fourth-order valence-electron chi connectivity index (χ4n) is 2.92. The van der Waals surface area contributed by atoms with E-state index < -0.39 is 0 Å². The van der Waals surface area contributed by atoms with E-state index in [9.17, 15) is 9.18 Å². The van der Waals surface area contributed by atoms with Gasteiger partial charge in [-0.25, -0.2) is 4.39 Å². The van der Waals surface area contributed by atoms with Gasteiger partial charge in [0.25, 0.3) is 5.91 Å². The Kier molecular flexibility index (Phi) is 5.08. The lowest BCUT2D eigenvalue weighted by molar-refractivity contribution is 0.0955. The van der Waals surface area contributed by atoms with E-state index in [0.717, 1.165) is 35.5 Å². The average molecular weight is 332 g/mol. The van der Waals surface area contributed by atoms with Crippen molar-refractivity contribution >= 4 is 17.2 Å². The van der Waals surface area contributed by atoms with Crippen LogP contribution in [-0.4, -0.2) is 25.5 Å². The number of benzene rings is 1. The quantitative estimate of drug-likeness (QED) is 0.878. The second-order valence-corrected chi connectivity index (χ2v) is 7.09. The number of nitrogens with one attached hydrogen (secondary N) is 2. The van der Waals surface area contributed by atoms with Gasteiger partial charge < -0.3 is 10.6 Å². The van der Waals surface area contributed by atoms with Crippen molar-refractivity contribution < 1.29 is 9.18 Å². The number of halogens is 1. The topological polar surface area (TPSA) is 41.1 Å². The molecule has 1 saturated heterocycles. The van der Waals surface area contributed by atoms with Crippen LogP contribution in [0.25, 0.3) is 10.4 Å². The highest BCUT2D eigenvalue weighted by Crippen LogP contribution is 2.32. The molecule has 23 heavy (non-hydrogen) atoms. The first-order valence-corrected chi connectivity index (χ1v) is 8.80. The van der Waals surface area contributed by atoms with Crippen LogP contribution in [-0.2, 0) is 0 Å². The van der Waals surface area contributed by atoms with Gasteiger partial charge in [-0.05, 0) is 68.1 Å². The fraction of sp³-hybridized carbons (Fsp3) is 0.389. The van der Waals surface area contributed by atoms with Gasteiger partial charge >= 0.3 is 0 Å². The predicted molar refractivity (Wildman–Crippen MR) is 92.4 cm³/mol. The molecule has 0 bridgehead atoms. The van der Waals surface area contributed by atoms with Gasteiger partial charge in [-0.2, -0.15) is 0 Å². The Bertz CT molecular complexity index is 675. The lowest BCUT2D eigenvalue weighted by Gasteiger charge is -2.08. The van der Waals surface area contributed by atoms with Crippen molar-refractivity contribution in [3.8, 4) is 10.4 Å². The van der Waals surface area contributed by atoms with Crippen molar-refractivity contribution in [2.45, 2.75) is 19.8 Å². The van der Waals surface area contributed by atoms with Crippen molar-refractivity contribution in [2.75, 3.05) is 19.6 Å². The first-order chi connectivity index (χ1) is 11.1. The van der Waals surface area contributed by atoms with Crippen LogP contribution in [0.1, 0.15) is 28.1 Å². The third-order valence-electron chi connectivity index (χ3n) is 4.25. The summed E-state index contributed by atoms with van der Waals surface area (Å²) in [6, 6.07) is 8.31. The summed E-state index contributed by atoms with van der Waals surface area (Å²) in [5, 5.41) is 6.35. The number of aryl methyl sites for hydroxylation is 1. The van der Waals surface area contributed by atoms with Crippen LogP contribution in [0.4, 0.5) is 4.39 Å². The van der Waals surface area contributed by atoms with Gasteiger partial charge in [0.1, 0.15) is 5.82 Å². The third-order valence-corrected chi connectivity index (χ3v) is 5.53. The molecule has 2 heterocycles. The Morgan fingerprint density at radius 2 is 2.17 bits per heavy atom. The summed E-state index contributed by atoms with van der Waals surface area (Å²) < 4.78 is 13.0. The normalized spacial score (nSPS) is 17.4. The number of carbonyl (C=O) groups is 1. The lowest BCUT2D eigenvalue weighted by atomic mass is 10.1. The van der Waals surface area contributed by atoms with Crippen molar-refractivity contribution in [3.05, 3.63) is 46.6 Å². The van der Waals surface area contributed by atoms with Crippen molar-refractivity contribution in [2.24, 2.45) is 5.92 Å². The SMILES string of the molecule is Cc1cc(C(=O)NCCC2CCNC2)sc1-c1ccc(F)cc1. The molecule has 1 atom stereocenters. The van der Waals surface area contributed by atoms with E-state index in [1.54, 1.807) is 12.1 Å². The number of carbonyl (C=O) groups excluding carboxylic acids is 1. The molecule has 122 valence electrons. The Labute approximate surface area is 139 Å². The Morgan fingerprint density at radius 3 is 2.87 bits per heavy atom. The molecule has 1 aromatic heterocycles. The maximum absolute atomic E-state index is 13.0. The zero-order chi connectivity index (χ0) is 16.2. The Morgan fingerprint density at radius 1 is 1.39 bits per heavy atom. The van der Waals surface area contributed by atoms with Crippen LogP contribution in [0.15, 0.2) is 30.3 Å². The van der Waals surface area contributed by atoms with Gasteiger partial charge in [0.05, 0.1) is 4.88 Å². The van der Waals surface area contributed by atoms with E-state index >= 15 is 0 Å². The van der Waals surface area contributed by atoms with E-state index in [1.807, 2.05) is 13.0 Å². The molecule has 1 aliphatic rings. The molecule has 1 unspecified atom stereocenters. The van der Waals surface area contributed by atoms with Gasteiger partial charge in [-0.1, -0.05) is 12.1 Å². The van der Waals surface area contributed by atoms with Gasteiger partial charge in [0.15, 0.2) is 0 Å². The minimum Gasteiger partial charge on any atom is -0.351 e. The largest absolute Gasteiger partial charge is 0.351 e. The van der Waals surface area contributed by atoms with Crippen molar-refractivity contribution in [3.63, 3.8) is 0 Å². The summed E-state index contributed by atoms with van der Waals surface area (Å²) >= 11 is 1.46. The summed E-state index contributed by atoms with van der Waals surface area (Å²) in [6.45, 7) is 4.84. The molecule has 3 nitrogen and oxygen atoms in total. The predicted octanol–water partition coefficient (Wildman–Crippen LogP) is 3.59. The monoisotopic (exact) mass is 332 g/mol. The van der Waals surface area contributed by atoms with E-state index in [0.29, 0.717) is 17.3 Å². The average Bonchev–Trinajstić information content (AvgIpc) is 3.18. The fourth-order valence-corrected chi connectivity index (χ4v) is 4.01. The molecule has 5 heteroatoms. The molecule has 1 amide bonds. The van der Waals surface area contributed by atoms with Gasteiger partial charge in [0.2, 0.25) is 0 Å². The highest BCUT2D eigenvalue weighted by molar-refractivity contribution is 7.17. The molecule has 0 spiro atoms. The number of hydrogen-bond acceptors (Lipinski definition) is 3. The van der Waals surface area contributed by atoms with Gasteiger partial charge in [0, 0.05) is 11.4 Å². The molecule has 3 rings (SSSR count). The number of rotatable bonds is 5. The summed E-state index contributed by atoms with van der Waals surface area (Å²) in [7, 11) is 0. The van der Waals surface area contributed by atoms with Crippen molar-refractivity contribution in [1.29, 1.82) is 0 Å². The lowest BCUT2D eigenvalue weighted by Crippen LogP contribution is -2.25. The second-order valence-electron chi connectivity index (χ2n) is 6.03. The summed E-state index contributed by atoms with van der Waals surface area (Å²) in [5.74, 6) is 0.412. The Balaban J connectivity index is 1.62. The molecule has 0 saturated carbocycles. The van der Waals surface area contributed by atoms with Crippen LogP contribution >= 0.6 is 11.3 Å². The molecular weight excluding hydrogens is 311 g/mol. The summed E-state index contributed by atoms with van der Waals surface area (Å²) in [6.07, 6.45) is 2.22. The molecule has 1 aliphatic heterocycles. The van der Waals surface area contributed by atoms with E-state index in [2.05, 4.69) is 10.6 Å². The highest BCUT2D eigenvalue weighted by atomic mass is 32.1. The minimum absolute atomic E-state index is 0.0163. The first kappa shape index (κ1) is 16.1. The zero-order valence-corrected chi connectivity index (χ0v) is 14.0. The number of hydrogen-bond donors (Lipinski definition) is 2. The standard InChI is InChI=1S/C18H21FN2OS/c1-12-10-16(18(22)21-9-7-13-6-8-20-11-13)23-17(12)14-2-4-15(19)5-3-14/h2-5,10,13,20H,6-9,11H2,1H3,(H,21,22). The summed E-state index contributed by atoms with van der Waals surface area (Å²) in [4.78, 5) is 14.0. The van der Waals surface area contributed by atoms with Gasteiger partial charge in [-0.3, -0.25) is 4.79 Å². The van der Waals surface area contributed by atoms with Crippen molar-refractivity contribution in [1.82, 2.24) is 10.6 Å². The van der Waals surface area contributed by atoms with Gasteiger partial charge in [-0.15, -0.1) is 11.3 Å². The Hall–Kier alpha value is -1.72. The minimum atomic E-state index is -0.248. The van der Waals surface area contributed by atoms with Crippen LogP contribution in [0.5, 0.6) is 0 Å². The first-order valence-electron chi connectivity index (χ1n) is 7.99. The van der Waals surface area contributed by atoms with Crippen LogP contribution in [0.2, 0.25) is 0 Å². The number of thiophene rings is 1. The molecular formula is C18H21FN2OS. The molecule has 1 aromatic carbocycles. The second kappa shape index (κ2) is 7.23. The van der Waals surface area contributed by atoms with Crippen LogP contribution in [0, 0.1) is 18.7 Å². The molecule has 0 aliphatic carbocycles. The van der Waals surface area contributed by atoms with E-state index in [-0.39, 0.29) is 11.7 Å². The van der Waals surface area contributed by atoms with Crippen LogP contribution < -0.4 is 10.6 Å². The highest BCUT2D eigenvalue weighted by Gasteiger charge is 2.16. The maximum Gasteiger partial charge on any atom is 0.261 e. The summed E-state index contributed by atoms with van der Waals surface area (Å²) in [5.41, 5.74) is 2.00. The molecule has 1 fully saturated rings. The molecule has 0 radical (unpaired) electrons. The third kappa shape index (κ3) is 3.98. The number of amides is 1.